The maximum absolute atomic E-state index is 11.3. The van der Waals surface area contributed by atoms with Crippen molar-refractivity contribution in [2.75, 3.05) is 6.61 Å². The predicted molar refractivity (Wildman–Crippen MR) is 49.8 cm³/mol. The highest BCUT2D eigenvalue weighted by Gasteiger charge is 2.50. The van der Waals surface area contributed by atoms with Crippen LogP contribution in [0.4, 0.5) is 4.79 Å². The van der Waals surface area contributed by atoms with Crippen molar-refractivity contribution >= 4 is 6.09 Å². The van der Waals surface area contributed by atoms with Gasteiger partial charge in [0.25, 0.3) is 0 Å². The van der Waals surface area contributed by atoms with Crippen LogP contribution >= 0.6 is 0 Å². The maximum atomic E-state index is 11.3. The molecule has 1 amide bonds. The van der Waals surface area contributed by atoms with Crippen LogP contribution < -0.4 is 5.32 Å². The minimum atomic E-state index is -0.489. The fourth-order valence-corrected chi connectivity index (χ4v) is 1.26. The molecule has 7 heteroatoms. The molecular weight excluding hydrogens is 198 g/mol. The van der Waals surface area contributed by atoms with Crippen molar-refractivity contribution in [3.8, 4) is 0 Å². The van der Waals surface area contributed by atoms with Crippen molar-refractivity contribution < 1.29 is 9.53 Å². The number of aromatic amines is 1. The van der Waals surface area contributed by atoms with E-state index in [0.717, 1.165) is 12.8 Å². The lowest BCUT2D eigenvalue weighted by Gasteiger charge is -2.12. The van der Waals surface area contributed by atoms with E-state index in [1.54, 1.807) is 0 Å². The summed E-state index contributed by atoms with van der Waals surface area (Å²) in [4.78, 5) is 11.3. The van der Waals surface area contributed by atoms with E-state index in [2.05, 4.69) is 32.5 Å². The van der Waals surface area contributed by atoms with E-state index in [4.69, 9.17) is 4.74 Å². The van der Waals surface area contributed by atoms with Gasteiger partial charge in [-0.25, -0.2) is 4.79 Å². The molecule has 0 aliphatic heterocycles. The molecule has 2 rings (SSSR count). The Balaban J connectivity index is 1.94. The van der Waals surface area contributed by atoms with Crippen molar-refractivity contribution in [3.05, 3.63) is 18.5 Å². The minimum Gasteiger partial charge on any atom is -0.445 e. The molecule has 0 aromatic carbocycles. The SMILES string of the molecule is C=CCOC(=O)NC1(c2nn[nH]n2)CC1. The Bertz CT molecular complexity index is 357. The van der Waals surface area contributed by atoms with Gasteiger partial charge in [-0.15, -0.1) is 10.2 Å². The number of carbonyl (C=O) groups is 1. The predicted octanol–water partition coefficient (Wildman–Crippen LogP) is 0.101. The Morgan fingerprint density at radius 2 is 2.53 bits per heavy atom. The zero-order valence-electron chi connectivity index (χ0n) is 8.06. The van der Waals surface area contributed by atoms with Gasteiger partial charge >= 0.3 is 6.09 Å². The maximum Gasteiger partial charge on any atom is 0.408 e. The number of hydrogen-bond acceptors (Lipinski definition) is 5. The average molecular weight is 209 g/mol. The van der Waals surface area contributed by atoms with Crippen LogP contribution in [-0.2, 0) is 10.3 Å². The Morgan fingerprint density at radius 3 is 3.07 bits per heavy atom. The van der Waals surface area contributed by atoms with Crippen molar-refractivity contribution in [1.29, 1.82) is 0 Å². The molecule has 0 bridgehead atoms. The van der Waals surface area contributed by atoms with E-state index in [1.165, 1.54) is 6.08 Å². The third-order valence-corrected chi connectivity index (χ3v) is 2.20. The molecule has 1 aromatic rings. The first-order valence-corrected chi connectivity index (χ1v) is 4.56. The van der Waals surface area contributed by atoms with Gasteiger partial charge in [-0.3, -0.25) is 0 Å². The smallest absolute Gasteiger partial charge is 0.408 e. The number of H-pyrrole nitrogens is 1. The first-order chi connectivity index (χ1) is 7.27. The number of carbonyl (C=O) groups excluding carboxylic acids is 1. The lowest BCUT2D eigenvalue weighted by Crippen LogP contribution is -2.36. The summed E-state index contributed by atoms with van der Waals surface area (Å²) in [7, 11) is 0. The third kappa shape index (κ3) is 1.95. The molecule has 0 spiro atoms. The summed E-state index contributed by atoms with van der Waals surface area (Å²) in [6.07, 6.45) is 2.62. The summed E-state index contributed by atoms with van der Waals surface area (Å²) >= 11 is 0. The summed E-state index contributed by atoms with van der Waals surface area (Å²) in [5.41, 5.74) is -0.481. The van der Waals surface area contributed by atoms with Gasteiger partial charge in [0.2, 0.25) is 0 Å². The number of amides is 1. The molecule has 7 nitrogen and oxygen atoms in total. The Morgan fingerprint density at radius 1 is 1.73 bits per heavy atom. The first-order valence-electron chi connectivity index (χ1n) is 4.56. The van der Waals surface area contributed by atoms with E-state index < -0.39 is 11.6 Å². The number of nitrogens with zero attached hydrogens (tertiary/aromatic N) is 3. The summed E-state index contributed by atoms with van der Waals surface area (Å²) in [6, 6.07) is 0. The van der Waals surface area contributed by atoms with Gasteiger partial charge in [0.05, 0.1) is 0 Å². The van der Waals surface area contributed by atoms with Gasteiger partial charge in [-0.2, -0.15) is 5.21 Å². The van der Waals surface area contributed by atoms with Crippen LogP contribution in [-0.4, -0.2) is 33.3 Å². The third-order valence-electron chi connectivity index (χ3n) is 2.20. The molecule has 0 atom stereocenters. The molecule has 0 radical (unpaired) electrons. The number of rotatable bonds is 4. The van der Waals surface area contributed by atoms with Crippen LogP contribution in [0.5, 0.6) is 0 Å². The van der Waals surface area contributed by atoms with Crippen LogP contribution in [0.25, 0.3) is 0 Å². The van der Waals surface area contributed by atoms with Crippen molar-refractivity contribution in [2.24, 2.45) is 0 Å². The second-order valence-electron chi connectivity index (χ2n) is 3.33. The fraction of sp³-hybridized carbons (Fsp3) is 0.500. The summed E-state index contributed by atoms with van der Waals surface area (Å²) < 4.78 is 4.81. The molecule has 1 heterocycles. The first kappa shape index (κ1) is 9.63. The second kappa shape index (κ2) is 3.68. The standard InChI is InChI=1S/C8H11N5O2/c1-2-5-15-7(14)9-8(3-4-8)6-10-12-13-11-6/h2H,1,3-5H2,(H,9,14)(H,10,11,12,13). The summed E-state index contributed by atoms with van der Waals surface area (Å²) in [5, 5.41) is 16.2. The van der Waals surface area contributed by atoms with Crippen LogP contribution in [0, 0.1) is 0 Å². The molecule has 15 heavy (non-hydrogen) atoms. The average Bonchev–Trinajstić information content (AvgIpc) is 2.82. The van der Waals surface area contributed by atoms with E-state index in [-0.39, 0.29) is 6.61 Å². The number of alkyl carbamates (subject to hydrolysis) is 1. The molecule has 80 valence electrons. The van der Waals surface area contributed by atoms with Gasteiger partial charge in [0.1, 0.15) is 12.1 Å². The number of ether oxygens (including phenoxy) is 1. The highest BCUT2D eigenvalue weighted by Crippen LogP contribution is 2.43. The monoisotopic (exact) mass is 209 g/mol. The quantitative estimate of drug-likeness (QED) is 0.686. The van der Waals surface area contributed by atoms with E-state index in [9.17, 15) is 4.79 Å². The lowest BCUT2D eigenvalue weighted by molar-refractivity contribution is 0.152. The number of aromatic nitrogens is 4. The van der Waals surface area contributed by atoms with Crippen LogP contribution in [0.3, 0.4) is 0 Å². The molecule has 1 fully saturated rings. The van der Waals surface area contributed by atoms with Gasteiger partial charge in [0, 0.05) is 0 Å². The molecule has 1 aromatic heterocycles. The van der Waals surface area contributed by atoms with Gasteiger partial charge < -0.3 is 10.1 Å². The lowest BCUT2D eigenvalue weighted by atomic mass is 10.2. The second-order valence-corrected chi connectivity index (χ2v) is 3.33. The van der Waals surface area contributed by atoms with Gasteiger partial charge in [-0.05, 0) is 12.8 Å². The van der Waals surface area contributed by atoms with Gasteiger partial charge in [-0.1, -0.05) is 17.9 Å². The van der Waals surface area contributed by atoms with Crippen molar-refractivity contribution in [2.45, 2.75) is 18.4 Å². The van der Waals surface area contributed by atoms with Crippen molar-refractivity contribution in [1.82, 2.24) is 25.9 Å². The fourth-order valence-electron chi connectivity index (χ4n) is 1.26. The molecule has 0 unspecified atom stereocenters. The summed E-state index contributed by atoms with van der Waals surface area (Å²) in [6.45, 7) is 3.64. The van der Waals surface area contributed by atoms with Gasteiger partial charge in [0.15, 0.2) is 5.82 Å². The highest BCUT2D eigenvalue weighted by molar-refractivity contribution is 5.69. The Kier molecular flexibility index (Phi) is 2.36. The normalized spacial score (nSPS) is 16.8. The largest absolute Gasteiger partial charge is 0.445 e. The Hall–Kier alpha value is -1.92. The van der Waals surface area contributed by atoms with Crippen molar-refractivity contribution in [3.63, 3.8) is 0 Å². The molecule has 1 saturated carbocycles. The van der Waals surface area contributed by atoms with E-state index in [0.29, 0.717) is 5.82 Å². The molecule has 2 N–H and O–H groups in total. The molecule has 1 aliphatic carbocycles. The van der Waals surface area contributed by atoms with Crippen LogP contribution in [0.15, 0.2) is 12.7 Å². The van der Waals surface area contributed by atoms with E-state index in [1.807, 2.05) is 0 Å². The molecule has 1 aliphatic rings. The topological polar surface area (TPSA) is 92.8 Å². The Labute approximate surface area is 85.9 Å². The van der Waals surface area contributed by atoms with Crippen LogP contribution in [0.1, 0.15) is 18.7 Å². The number of tetrazole rings is 1. The van der Waals surface area contributed by atoms with Crippen LogP contribution in [0.2, 0.25) is 0 Å². The molecular formula is C8H11N5O2. The highest BCUT2D eigenvalue weighted by atomic mass is 16.5. The zero-order valence-corrected chi connectivity index (χ0v) is 8.06. The minimum absolute atomic E-state index is 0.189. The summed E-state index contributed by atoms with van der Waals surface area (Å²) in [5.74, 6) is 0.498. The van der Waals surface area contributed by atoms with E-state index >= 15 is 0 Å². The number of hydrogen-bond donors (Lipinski definition) is 2. The zero-order chi connectivity index (χ0) is 10.7. The molecule has 0 saturated heterocycles. The number of nitrogens with one attached hydrogen (secondary N) is 2.